The Morgan fingerprint density at radius 3 is 2.62 bits per heavy atom. The maximum atomic E-state index is 11.5. The van der Waals surface area contributed by atoms with Crippen LogP contribution in [0.4, 0.5) is 0 Å². The summed E-state index contributed by atoms with van der Waals surface area (Å²) in [6.07, 6.45) is 2.65. The van der Waals surface area contributed by atoms with Crippen LogP contribution in [0.15, 0.2) is 23.7 Å². The minimum atomic E-state index is -0.537. The molecule has 0 atom stereocenters. The van der Waals surface area contributed by atoms with E-state index < -0.39 is 5.97 Å². The number of methoxy groups -OCH3 is 1. The summed E-state index contributed by atoms with van der Waals surface area (Å²) in [4.78, 5) is 24.5. The molecule has 0 saturated carbocycles. The molecule has 0 spiro atoms. The molecule has 5 heteroatoms. The molecular formula is C11H16N2O3. The summed E-state index contributed by atoms with van der Waals surface area (Å²) < 4.78 is 4.46. The van der Waals surface area contributed by atoms with Gasteiger partial charge in [0.1, 0.15) is 5.82 Å². The second-order valence-corrected chi connectivity index (χ2v) is 3.27. The first-order valence-electron chi connectivity index (χ1n) is 5.20. The van der Waals surface area contributed by atoms with Crippen LogP contribution in [0.1, 0.15) is 13.8 Å². The zero-order chi connectivity index (χ0) is 12.1. The quantitative estimate of drug-likeness (QED) is 0.553. The summed E-state index contributed by atoms with van der Waals surface area (Å²) in [6.45, 7) is 5.60. The average Bonchev–Trinajstić information content (AvgIpc) is 2.62. The largest absolute Gasteiger partial charge is 0.466 e. The molecule has 0 bridgehead atoms. The Morgan fingerprint density at radius 2 is 2.12 bits per heavy atom. The summed E-state index contributed by atoms with van der Waals surface area (Å²) in [6, 6.07) is 0. The van der Waals surface area contributed by atoms with E-state index in [1.807, 2.05) is 18.7 Å². The number of hydrogen-bond donors (Lipinski definition) is 1. The Balaban J connectivity index is 2.78. The molecular weight excluding hydrogens is 208 g/mol. The van der Waals surface area contributed by atoms with Crippen molar-refractivity contribution in [1.29, 1.82) is 0 Å². The van der Waals surface area contributed by atoms with E-state index in [2.05, 4.69) is 10.1 Å². The van der Waals surface area contributed by atoms with Crippen molar-refractivity contribution in [2.45, 2.75) is 13.8 Å². The number of ether oxygens (including phenoxy) is 1. The molecule has 16 heavy (non-hydrogen) atoms. The average molecular weight is 224 g/mol. The van der Waals surface area contributed by atoms with E-state index in [1.54, 1.807) is 0 Å². The van der Waals surface area contributed by atoms with Crippen LogP contribution in [-0.2, 0) is 14.3 Å². The minimum absolute atomic E-state index is 0.202. The van der Waals surface area contributed by atoms with Crippen molar-refractivity contribution in [3.8, 4) is 0 Å². The van der Waals surface area contributed by atoms with E-state index in [0.29, 0.717) is 0 Å². The maximum Gasteiger partial charge on any atom is 0.332 e. The number of nitrogens with zero attached hydrogens (tertiary/aromatic N) is 1. The lowest BCUT2D eigenvalue weighted by Crippen LogP contribution is -2.28. The SMILES string of the molecule is CCN(CC)C1=CC(=O)/C(=C\C(=O)OC)N1. The van der Waals surface area contributed by atoms with Crippen LogP contribution in [0, 0.1) is 0 Å². The number of rotatable bonds is 4. The topological polar surface area (TPSA) is 58.6 Å². The zero-order valence-corrected chi connectivity index (χ0v) is 9.74. The summed E-state index contributed by atoms with van der Waals surface area (Å²) in [7, 11) is 1.28. The smallest absolute Gasteiger partial charge is 0.332 e. The summed E-state index contributed by atoms with van der Waals surface area (Å²) >= 11 is 0. The third-order valence-electron chi connectivity index (χ3n) is 2.36. The molecule has 0 fully saturated rings. The highest BCUT2D eigenvalue weighted by Gasteiger charge is 2.21. The first-order valence-corrected chi connectivity index (χ1v) is 5.20. The lowest BCUT2D eigenvalue weighted by atomic mass is 10.3. The van der Waals surface area contributed by atoms with E-state index in [9.17, 15) is 9.59 Å². The van der Waals surface area contributed by atoms with Gasteiger partial charge in [0.2, 0.25) is 5.78 Å². The van der Waals surface area contributed by atoms with Gasteiger partial charge < -0.3 is 15.0 Å². The third kappa shape index (κ3) is 2.62. The van der Waals surface area contributed by atoms with Gasteiger partial charge in [0.15, 0.2) is 0 Å². The zero-order valence-electron chi connectivity index (χ0n) is 9.74. The molecule has 0 unspecified atom stereocenters. The van der Waals surface area contributed by atoms with Crippen LogP contribution < -0.4 is 5.32 Å². The molecule has 0 saturated heterocycles. The van der Waals surface area contributed by atoms with Crippen molar-refractivity contribution < 1.29 is 14.3 Å². The van der Waals surface area contributed by atoms with E-state index in [0.717, 1.165) is 25.0 Å². The number of carbonyl (C=O) groups excluding carboxylic acids is 2. The Hall–Kier alpha value is -1.78. The molecule has 88 valence electrons. The lowest BCUT2D eigenvalue weighted by Gasteiger charge is -2.21. The highest BCUT2D eigenvalue weighted by atomic mass is 16.5. The molecule has 1 aliphatic heterocycles. The van der Waals surface area contributed by atoms with Crippen LogP contribution in [0.5, 0.6) is 0 Å². The monoisotopic (exact) mass is 224 g/mol. The van der Waals surface area contributed by atoms with Gasteiger partial charge in [0.25, 0.3) is 0 Å². The molecule has 0 aromatic rings. The highest BCUT2D eigenvalue weighted by Crippen LogP contribution is 2.12. The molecule has 0 aromatic carbocycles. The molecule has 1 aliphatic rings. The molecule has 1 heterocycles. The number of esters is 1. The van der Waals surface area contributed by atoms with Crippen LogP contribution in [0.25, 0.3) is 0 Å². The highest BCUT2D eigenvalue weighted by molar-refractivity contribution is 6.09. The predicted molar refractivity (Wildman–Crippen MR) is 59.2 cm³/mol. The second kappa shape index (κ2) is 5.34. The molecule has 0 amide bonds. The van der Waals surface area contributed by atoms with Crippen LogP contribution in [0.3, 0.4) is 0 Å². The van der Waals surface area contributed by atoms with Crippen molar-refractivity contribution in [2.75, 3.05) is 20.2 Å². The summed E-state index contributed by atoms with van der Waals surface area (Å²) in [5.41, 5.74) is 0.258. The Kier molecular flexibility index (Phi) is 4.10. The number of ketones is 1. The van der Waals surface area contributed by atoms with Crippen molar-refractivity contribution in [2.24, 2.45) is 0 Å². The van der Waals surface area contributed by atoms with Gasteiger partial charge >= 0.3 is 5.97 Å². The van der Waals surface area contributed by atoms with E-state index in [4.69, 9.17) is 0 Å². The number of carbonyl (C=O) groups is 2. The Labute approximate surface area is 94.7 Å². The molecule has 1 rings (SSSR count). The first kappa shape index (κ1) is 12.3. The van der Waals surface area contributed by atoms with Gasteiger partial charge in [-0.15, -0.1) is 0 Å². The van der Waals surface area contributed by atoms with Gasteiger partial charge in [-0.25, -0.2) is 4.79 Å². The van der Waals surface area contributed by atoms with Gasteiger partial charge in [0, 0.05) is 19.2 Å². The lowest BCUT2D eigenvalue weighted by molar-refractivity contribution is -0.135. The van der Waals surface area contributed by atoms with Crippen molar-refractivity contribution in [3.63, 3.8) is 0 Å². The van der Waals surface area contributed by atoms with Crippen LogP contribution >= 0.6 is 0 Å². The van der Waals surface area contributed by atoms with Crippen molar-refractivity contribution in [3.05, 3.63) is 23.7 Å². The predicted octanol–water partition coefficient (Wildman–Crippen LogP) is 0.399. The summed E-state index contributed by atoms with van der Waals surface area (Å²) in [5.74, 6) is -0.0116. The van der Waals surface area contributed by atoms with Gasteiger partial charge in [-0.05, 0) is 13.8 Å². The maximum absolute atomic E-state index is 11.5. The van der Waals surface area contributed by atoms with Crippen LogP contribution in [-0.4, -0.2) is 36.9 Å². The normalized spacial score (nSPS) is 17.1. The molecule has 0 radical (unpaired) electrons. The molecule has 0 aliphatic carbocycles. The fourth-order valence-electron chi connectivity index (χ4n) is 1.46. The van der Waals surface area contributed by atoms with Gasteiger partial charge in [-0.2, -0.15) is 0 Å². The molecule has 5 nitrogen and oxygen atoms in total. The number of hydrogen-bond acceptors (Lipinski definition) is 5. The van der Waals surface area contributed by atoms with E-state index >= 15 is 0 Å². The Bertz CT molecular complexity index is 354. The third-order valence-corrected chi connectivity index (χ3v) is 2.36. The molecule has 1 N–H and O–H groups in total. The minimum Gasteiger partial charge on any atom is -0.466 e. The second-order valence-electron chi connectivity index (χ2n) is 3.27. The van der Waals surface area contributed by atoms with Gasteiger partial charge in [-0.3, -0.25) is 4.79 Å². The number of allylic oxidation sites excluding steroid dienone is 1. The first-order chi connectivity index (χ1) is 7.62. The van der Waals surface area contributed by atoms with Crippen LogP contribution in [0.2, 0.25) is 0 Å². The van der Waals surface area contributed by atoms with Crippen molar-refractivity contribution in [1.82, 2.24) is 10.2 Å². The molecule has 0 aromatic heterocycles. The summed E-state index contributed by atoms with van der Waals surface area (Å²) in [5, 5.41) is 2.91. The fraction of sp³-hybridized carbons (Fsp3) is 0.455. The standard InChI is InChI=1S/C11H16N2O3/c1-4-13(5-2)10-7-9(14)8(12-10)6-11(15)16-3/h6-7,12H,4-5H2,1-3H3/b8-6+. The Morgan fingerprint density at radius 1 is 1.50 bits per heavy atom. The van der Waals surface area contributed by atoms with Gasteiger partial charge in [0.05, 0.1) is 18.9 Å². The number of nitrogens with one attached hydrogen (secondary N) is 1. The fourth-order valence-corrected chi connectivity index (χ4v) is 1.46. The van der Waals surface area contributed by atoms with Crippen molar-refractivity contribution >= 4 is 11.8 Å². The van der Waals surface area contributed by atoms with Gasteiger partial charge in [-0.1, -0.05) is 0 Å². The van der Waals surface area contributed by atoms with E-state index in [1.165, 1.54) is 13.2 Å². The van der Waals surface area contributed by atoms with E-state index in [-0.39, 0.29) is 11.5 Å².